The molecule has 0 bridgehead atoms. The van der Waals surface area contributed by atoms with Gasteiger partial charge in [0.15, 0.2) is 17.3 Å². The van der Waals surface area contributed by atoms with E-state index in [1.54, 1.807) is 37.3 Å². The lowest BCUT2D eigenvalue weighted by Gasteiger charge is -2.22. The predicted octanol–water partition coefficient (Wildman–Crippen LogP) is 2.33. The van der Waals surface area contributed by atoms with Gasteiger partial charge in [-0.1, -0.05) is 30.3 Å². The summed E-state index contributed by atoms with van der Waals surface area (Å²) in [5, 5.41) is 20.6. The number of Topliss-reactive ketones (excluding diaryl/α,β-unsaturated/α-hetero) is 1. The zero-order valence-electron chi connectivity index (χ0n) is 16.3. The number of hydrogen-bond acceptors (Lipinski definition) is 8. The quantitative estimate of drug-likeness (QED) is 0.217. The topological polar surface area (TPSA) is 125 Å². The molecule has 1 N–H and O–H groups in total. The first-order valence-corrected chi connectivity index (χ1v) is 9.36. The molecule has 158 valence electrons. The normalized spacial score (nSPS) is 14.1. The van der Waals surface area contributed by atoms with Crippen molar-refractivity contribution in [3.8, 4) is 11.5 Å². The Bertz CT molecular complexity index is 941. The van der Waals surface area contributed by atoms with Gasteiger partial charge in [-0.25, -0.2) is 0 Å². The van der Waals surface area contributed by atoms with Gasteiger partial charge in [-0.15, -0.1) is 0 Å². The summed E-state index contributed by atoms with van der Waals surface area (Å²) in [5.41, 5.74) is 1.19. The monoisotopic (exact) mass is 415 g/mol. The van der Waals surface area contributed by atoms with Crippen LogP contribution in [-0.4, -0.2) is 41.7 Å². The smallest absolute Gasteiger partial charge is 0.317 e. The summed E-state index contributed by atoms with van der Waals surface area (Å²) in [6.45, 7) is 0.799. The van der Waals surface area contributed by atoms with Crippen LogP contribution in [0.1, 0.15) is 34.3 Å². The Balaban J connectivity index is 2.03. The number of ether oxygens (including phenoxy) is 3. The first-order valence-electron chi connectivity index (χ1n) is 9.36. The molecule has 0 amide bonds. The first kappa shape index (κ1) is 21.3. The maximum Gasteiger partial charge on any atom is 0.317 e. The van der Waals surface area contributed by atoms with E-state index >= 15 is 0 Å². The fourth-order valence-electron chi connectivity index (χ4n) is 3.35. The summed E-state index contributed by atoms with van der Waals surface area (Å²) in [7, 11) is 0. The number of carbonyl (C=O) groups is 2. The fourth-order valence-corrected chi connectivity index (χ4v) is 3.35. The minimum absolute atomic E-state index is 0.0239. The summed E-state index contributed by atoms with van der Waals surface area (Å²) in [4.78, 5) is 36.8. The molecule has 3 rings (SSSR count). The number of aliphatic hydroxyl groups is 1. The highest BCUT2D eigenvalue weighted by Crippen LogP contribution is 2.37. The van der Waals surface area contributed by atoms with E-state index in [1.807, 2.05) is 0 Å². The number of benzene rings is 2. The third-order valence-corrected chi connectivity index (χ3v) is 4.82. The lowest BCUT2D eigenvalue weighted by atomic mass is 9.81. The van der Waals surface area contributed by atoms with Crippen LogP contribution in [0.2, 0.25) is 0 Å². The molecule has 0 aromatic heterocycles. The molecule has 9 heteroatoms. The molecule has 0 spiro atoms. The van der Waals surface area contributed by atoms with E-state index in [1.165, 1.54) is 12.1 Å². The average Bonchev–Trinajstić information content (AvgIpc) is 3.21. The molecular formula is C21H21NO8. The Hall–Kier alpha value is -3.46. The second-order valence-electron chi connectivity index (χ2n) is 6.68. The predicted molar refractivity (Wildman–Crippen MR) is 104 cm³/mol. The number of esters is 1. The van der Waals surface area contributed by atoms with Crippen molar-refractivity contribution in [1.82, 2.24) is 0 Å². The van der Waals surface area contributed by atoms with Crippen molar-refractivity contribution in [2.75, 3.05) is 19.9 Å². The molecule has 0 saturated carbocycles. The van der Waals surface area contributed by atoms with E-state index in [0.717, 1.165) is 0 Å². The standard InChI is InChI=1S/C21H21NO8/c1-2-28-21(25)19(20(24)14-5-3-13(11-23)4-6-14)16(10-22(26)27)15-7-8-17-18(9-15)30-12-29-17/h3-9,16,19,23H,2,10-12H2,1H3. The average molecular weight is 415 g/mol. The zero-order valence-corrected chi connectivity index (χ0v) is 16.3. The third-order valence-electron chi connectivity index (χ3n) is 4.82. The Morgan fingerprint density at radius 3 is 2.50 bits per heavy atom. The molecular weight excluding hydrogens is 394 g/mol. The van der Waals surface area contributed by atoms with Crippen LogP contribution in [0.5, 0.6) is 11.5 Å². The molecule has 1 aliphatic rings. The number of nitro groups is 1. The number of rotatable bonds is 9. The molecule has 2 atom stereocenters. The summed E-state index contributed by atoms with van der Waals surface area (Å²) in [6.07, 6.45) is 0. The molecule has 1 aliphatic heterocycles. The fraction of sp³-hybridized carbons (Fsp3) is 0.333. The van der Waals surface area contributed by atoms with Crippen molar-refractivity contribution >= 4 is 11.8 Å². The van der Waals surface area contributed by atoms with E-state index in [2.05, 4.69) is 0 Å². The number of nitrogens with zero attached hydrogens (tertiary/aromatic N) is 1. The Labute approximate surface area is 172 Å². The van der Waals surface area contributed by atoms with Gasteiger partial charge in [0.25, 0.3) is 0 Å². The molecule has 0 radical (unpaired) electrons. The van der Waals surface area contributed by atoms with Crippen LogP contribution in [0.15, 0.2) is 42.5 Å². The van der Waals surface area contributed by atoms with Gasteiger partial charge < -0.3 is 19.3 Å². The first-order chi connectivity index (χ1) is 14.4. The largest absolute Gasteiger partial charge is 0.465 e. The number of aliphatic hydroxyl groups excluding tert-OH is 1. The molecule has 1 heterocycles. The SMILES string of the molecule is CCOC(=O)C(C(=O)c1ccc(CO)cc1)C(C[N+](=O)[O-])c1ccc2c(c1)OCO2. The summed E-state index contributed by atoms with van der Waals surface area (Å²) < 4.78 is 15.7. The molecule has 0 fully saturated rings. The second-order valence-corrected chi connectivity index (χ2v) is 6.68. The molecule has 2 aromatic carbocycles. The van der Waals surface area contributed by atoms with Crippen LogP contribution in [-0.2, 0) is 16.1 Å². The number of hydrogen-bond donors (Lipinski definition) is 1. The van der Waals surface area contributed by atoms with Crippen LogP contribution in [0, 0.1) is 16.0 Å². The highest BCUT2D eigenvalue weighted by Gasteiger charge is 2.41. The van der Waals surface area contributed by atoms with Crippen molar-refractivity contribution < 1.29 is 33.8 Å². The van der Waals surface area contributed by atoms with E-state index in [-0.39, 0.29) is 25.6 Å². The third kappa shape index (κ3) is 4.57. The van der Waals surface area contributed by atoms with Crippen molar-refractivity contribution in [3.05, 3.63) is 69.3 Å². The summed E-state index contributed by atoms with van der Waals surface area (Å²) >= 11 is 0. The lowest BCUT2D eigenvalue weighted by molar-refractivity contribution is -0.484. The minimum atomic E-state index is -1.42. The van der Waals surface area contributed by atoms with Gasteiger partial charge in [0, 0.05) is 10.5 Å². The lowest BCUT2D eigenvalue weighted by Crippen LogP contribution is -2.35. The number of carbonyl (C=O) groups excluding carboxylic acids is 2. The summed E-state index contributed by atoms with van der Waals surface area (Å²) in [5.74, 6) is -3.05. The van der Waals surface area contributed by atoms with Crippen molar-refractivity contribution in [2.24, 2.45) is 5.92 Å². The summed E-state index contributed by atoms with van der Waals surface area (Å²) in [6, 6.07) is 10.8. The van der Waals surface area contributed by atoms with Gasteiger partial charge in [-0.05, 0) is 30.2 Å². The molecule has 0 aliphatic carbocycles. The van der Waals surface area contributed by atoms with E-state index in [0.29, 0.717) is 22.6 Å². The van der Waals surface area contributed by atoms with Crippen molar-refractivity contribution in [2.45, 2.75) is 19.4 Å². The maximum absolute atomic E-state index is 13.2. The molecule has 2 aromatic rings. The van der Waals surface area contributed by atoms with Gasteiger partial charge in [-0.3, -0.25) is 19.7 Å². The highest BCUT2D eigenvalue weighted by molar-refractivity contribution is 6.09. The Morgan fingerprint density at radius 1 is 1.17 bits per heavy atom. The van der Waals surface area contributed by atoms with Crippen LogP contribution >= 0.6 is 0 Å². The van der Waals surface area contributed by atoms with E-state index in [4.69, 9.17) is 14.2 Å². The maximum atomic E-state index is 13.2. The number of fused-ring (bicyclic) bond motifs is 1. The molecule has 2 unspecified atom stereocenters. The zero-order chi connectivity index (χ0) is 21.7. The number of ketones is 1. The van der Waals surface area contributed by atoms with Gasteiger partial charge in [0.2, 0.25) is 13.3 Å². The van der Waals surface area contributed by atoms with Crippen LogP contribution in [0.3, 0.4) is 0 Å². The van der Waals surface area contributed by atoms with Gasteiger partial charge in [0.05, 0.1) is 19.1 Å². The van der Waals surface area contributed by atoms with Crippen LogP contribution < -0.4 is 9.47 Å². The Morgan fingerprint density at radius 2 is 1.87 bits per heavy atom. The van der Waals surface area contributed by atoms with E-state index in [9.17, 15) is 24.8 Å². The second kappa shape index (κ2) is 9.36. The minimum Gasteiger partial charge on any atom is -0.465 e. The Kier molecular flexibility index (Phi) is 6.63. The van der Waals surface area contributed by atoms with Gasteiger partial charge in [-0.2, -0.15) is 0 Å². The van der Waals surface area contributed by atoms with Crippen LogP contribution in [0.4, 0.5) is 0 Å². The molecule has 9 nitrogen and oxygen atoms in total. The highest BCUT2D eigenvalue weighted by atomic mass is 16.7. The molecule has 0 saturated heterocycles. The van der Waals surface area contributed by atoms with Gasteiger partial charge in [0.1, 0.15) is 5.92 Å². The van der Waals surface area contributed by atoms with Gasteiger partial charge >= 0.3 is 5.97 Å². The van der Waals surface area contributed by atoms with Crippen molar-refractivity contribution in [1.29, 1.82) is 0 Å². The molecule has 30 heavy (non-hydrogen) atoms. The van der Waals surface area contributed by atoms with Crippen LogP contribution in [0.25, 0.3) is 0 Å². The van der Waals surface area contributed by atoms with E-state index < -0.39 is 35.1 Å². The van der Waals surface area contributed by atoms with Crippen molar-refractivity contribution in [3.63, 3.8) is 0 Å².